The molecule has 0 aromatic heterocycles. The van der Waals surface area contributed by atoms with E-state index in [0.717, 1.165) is 11.1 Å². The van der Waals surface area contributed by atoms with Crippen molar-refractivity contribution >= 4 is 11.4 Å². The molecule has 16 heavy (non-hydrogen) atoms. The van der Waals surface area contributed by atoms with E-state index >= 15 is 0 Å². The summed E-state index contributed by atoms with van der Waals surface area (Å²) >= 11 is 0. The molecular weight excluding hydrogens is 200 g/mol. The second kappa shape index (κ2) is 4.49. The van der Waals surface area contributed by atoms with Crippen molar-refractivity contribution < 1.29 is 5.21 Å². The van der Waals surface area contributed by atoms with E-state index in [1.807, 2.05) is 48.5 Å². The van der Waals surface area contributed by atoms with Gasteiger partial charge in [0, 0.05) is 16.8 Å². The molecule has 0 unspecified atom stereocenters. The number of nitrogens with zero attached hydrogens (tertiary/aromatic N) is 1. The van der Waals surface area contributed by atoms with E-state index in [0.29, 0.717) is 11.4 Å². The minimum absolute atomic E-state index is 0.485. The molecule has 3 heteroatoms. The minimum atomic E-state index is 0.485. The van der Waals surface area contributed by atoms with Crippen molar-refractivity contribution in [3.63, 3.8) is 0 Å². The molecule has 0 atom stereocenters. The normalized spacial score (nSPS) is 11.4. The van der Waals surface area contributed by atoms with Crippen molar-refractivity contribution in [1.29, 1.82) is 0 Å². The molecule has 3 nitrogen and oxygen atoms in total. The van der Waals surface area contributed by atoms with Crippen molar-refractivity contribution in [3.05, 3.63) is 65.7 Å². The molecule has 0 amide bonds. The Kier molecular flexibility index (Phi) is 2.87. The molecule has 0 aliphatic carbocycles. The molecule has 0 aliphatic heterocycles. The lowest BCUT2D eigenvalue weighted by molar-refractivity contribution is 0.319. The first-order valence-electron chi connectivity index (χ1n) is 4.95. The van der Waals surface area contributed by atoms with Crippen molar-refractivity contribution in [2.45, 2.75) is 0 Å². The third kappa shape index (κ3) is 1.88. The van der Waals surface area contributed by atoms with Crippen molar-refractivity contribution in [3.8, 4) is 0 Å². The highest BCUT2D eigenvalue weighted by molar-refractivity contribution is 6.15. The van der Waals surface area contributed by atoms with Crippen molar-refractivity contribution in [2.75, 3.05) is 5.73 Å². The summed E-state index contributed by atoms with van der Waals surface area (Å²) in [7, 11) is 0. The van der Waals surface area contributed by atoms with Gasteiger partial charge in [-0.2, -0.15) is 0 Å². The molecule has 0 saturated heterocycles. The van der Waals surface area contributed by atoms with Crippen LogP contribution >= 0.6 is 0 Å². The molecule has 0 fully saturated rings. The molecule has 0 radical (unpaired) electrons. The fourth-order valence-corrected chi connectivity index (χ4v) is 1.58. The summed E-state index contributed by atoms with van der Waals surface area (Å²) in [6.07, 6.45) is 0. The average molecular weight is 212 g/mol. The largest absolute Gasteiger partial charge is 0.410 e. The Morgan fingerprint density at radius 3 is 2.19 bits per heavy atom. The molecule has 0 saturated carbocycles. The van der Waals surface area contributed by atoms with E-state index in [9.17, 15) is 0 Å². The Morgan fingerprint density at radius 1 is 0.938 bits per heavy atom. The Bertz CT molecular complexity index is 506. The number of oxime groups is 1. The van der Waals surface area contributed by atoms with Gasteiger partial charge in [-0.15, -0.1) is 0 Å². The van der Waals surface area contributed by atoms with Gasteiger partial charge in [0.25, 0.3) is 0 Å². The maximum Gasteiger partial charge on any atom is 0.119 e. The standard InChI is InChI=1S/C13H12N2O/c14-12-9-5-4-8-11(12)13(15-16)10-6-2-1-3-7-10/h1-9,16H,14H2. The van der Waals surface area contributed by atoms with Crippen LogP contribution in [0.4, 0.5) is 5.69 Å². The number of benzene rings is 2. The van der Waals surface area contributed by atoms with Gasteiger partial charge < -0.3 is 10.9 Å². The Labute approximate surface area is 93.8 Å². The van der Waals surface area contributed by atoms with Crippen LogP contribution in [0.15, 0.2) is 59.8 Å². The van der Waals surface area contributed by atoms with Crippen LogP contribution in [0.3, 0.4) is 0 Å². The van der Waals surface area contributed by atoms with Gasteiger partial charge in [0.1, 0.15) is 5.71 Å². The van der Waals surface area contributed by atoms with Crippen LogP contribution in [0.5, 0.6) is 0 Å². The van der Waals surface area contributed by atoms with Crippen LogP contribution in [-0.2, 0) is 0 Å². The third-order valence-corrected chi connectivity index (χ3v) is 2.36. The van der Waals surface area contributed by atoms with Crippen LogP contribution in [0.2, 0.25) is 0 Å². The molecule has 0 aliphatic rings. The van der Waals surface area contributed by atoms with Crippen LogP contribution < -0.4 is 5.73 Å². The molecule has 2 aromatic rings. The van der Waals surface area contributed by atoms with E-state index in [2.05, 4.69) is 5.16 Å². The summed E-state index contributed by atoms with van der Waals surface area (Å²) in [5, 5.41) is 12.4. The van der Waals surface area contributed by atoms with Gasteiger partial charge in [-0.25, -0.2) is 0 Å². The van der Waals surface area contributed by atoms with Gasteiger partial charge in [-0.1, -0.05) is 53.7 Å². The number of hydrogen-bond donors (Lipinski definition) is 2. The van der Waals surface area contributed by atoms with Crippen molar-refractivity contribution in [2.24, 2.45) is 5.16 Å². The topological polar surface area (TPSA) is 58.6 Å². The first-order chi connectivity index (χ1) is 7.83. The quantitative estimate of drug-likeness (QED) is 0.348. The summed E-state index contributed by atoms with van der Waals surface area (Å²) in [5.41, 5.74) is 8.49. The summed E-state index contributed by atoms with van der Waals surface area (Å²) in [6, 6.07) is 16.8. The van der Waals surface area contributed by atoms with E-state index in [4.69, 9.17) is 10.9 Å². The van der Waals surface area contributed by atoms with E-state index in [1.165, 1.54) is 0 Å². The lowest BCUT2D eigenvalue weighted by Crippen LogP contribution is -2.06. The van der Waals surface area contributed by atoms with Crippen LogP contribution in [0.1, 0.15) is 11.1 Å². The smallest absolute Gasteiger partial charge is 0.119 e. The molecule has 80 valence electrons. The summed E-state index contributed by atoms with van der Waals surface area (Å²) in [5.74, 6) is 0. The van der Waals surface area contributed by atoms with E-state index in [-0.39, 0.29) is 0 Å². The van der Waals surface area contributed by atoms with Gasteiger partial charge in [0.05, 0.1) is 0 Å². The zero-order valence-electron chi connectivity index (χ0n) is 8.67. The zero-order valence-corrected chi connectivity index (χ0v) is 8.67. The highest BCUT2D eigenvalue weighted by Gasteiger charge is 2.09. The van der Waals surface area contributed by atoms with E-state index < -0.39 is 0 Å². The first-order valence-corrected chi connectivity index (χ1v) is 4.95. The highest BCUT2D eigenvalue weighted by Crippen LogP contribution is 2.16. The molecule has 0 spiro atoms. The molecular formula is C13H12N2O. The Balaban J connectivity index is 2.51. The molecule has 0 heterocycles. The third-order valence-electron chi connectivity index (χ3n) is 2.36. The van der Waals surface area contributed by atoms with Gasteiger partial charge in [-0.05, 0) is 6.07 Å². The maximum absolute atomic E-state index is 9.09. The van der Waals surface area contributed by atoms with Gasteiger partial charge in [-0.3, -0.25) is 0 Å². The predicted molar refractivity (Wildman–Crippen MR) is 64.7 cm³/mol. The number of nitrogens with two attached hydrogens (primary N) is 1. The van der Waals surface area contributed by atoms with E-state index in [1.54, 1.807) is 6.07 Å². The lowest BCUT2D eigenvalue weighted by Gasteiger charge is -2.07. The van der Waals surface area contributed by atoms with Crippen LogP contribution in [0.25, 0.3) is 0 Å². The number of rotatable bonds is 2. The highest BCUT2D eigenvalue weighted by atomic mass is 16.4. The average Bonchev–Trinajstić information content (AvgIpc) is 2.34. The Hall–Kier alpha value is -2.29. The zero-order chi connectivity index (χ0) is 11.4. The minimum Gasteiger partial charge on any atom is -0.410 e. The summed E-state index contributed by atoms with van der Waals surface area (Å²) < 4.78 is 0. The van der Waals surface area contributed by atoms with Gasteiger partial charge in [0.2, 0.25) is 0 Å². The molecule has 2 rings (SSSR count). The number of nitrogen functional groups attached to an aromatic ring is 1. The second-order valence-corrected chi connectivity index (χ2v) is 3.40. The van der Waals surface area contributed by atoms with Gasteiger partial charge >= 0.3 is 0 Å². The fraction of sp³-hybridized carbons (Fsp3) is 0. The molecule has 2 aromatic carbocycles. The number of para-hydroxylation sites is 1. The van der Waals surface area contributed by atoms with Gasteiger partial charge in [0.15, 0.2) is 0 Å². The summed E-state index contributed by atoms with van der Waals surface area (Å²) in [4.78, 5) is 0. The fourth-order valence-electron chi connectivity index (χ4n) is 1.58. The first kappa shape index (κ1) is 10.2. The monoisotopic (exact) mass is 212 g/mol. The Morgan fingerprint density at radius 2 is 1.56 bits per heavy atom. The number of anilines is 1. The maximum atomic E-state index is 9.09. The van der Waals surface area contributed by atoms with Crippen molar-refractivity contribution in [1.82, 2.24) is 0 Å². The van der Waals surface area contributed by atoms with Crippen LogP contribution in [-0.4, -0.2) is 10.9 Å². The molecule has 0 bridgehead atoms. The molecule has 3 N–H and O–H groups in total. The second-order valence-electron chi connectivity index (χ2n) is 3.40. The van der Waals surface area contributed by atoms with Crippen LogP contribution in [0, 0.1) is 0 Å². The summed E-state index contributed by atoms with van der Waals surface area (Å²) in [6.45, 7) is 0. The number of hydrogen-bond acceptors (Lipinski definition) is 3. The lowest BCUT2D eigenvalue weighted by atomic mass is 10.0. The predicted octanol–water partition coefficient (Wildman–Crippen LogP) is 2.50. The SMILES string of the molecule is Nc1ccccc1C(=NO)c1ccccc1.